The number of benzene rings is 3. The second kappa shape index (κ2) is 10.9. The van der Waals surface area contributed by atoms with E-state index in [2.05, 4.69) is 47.7 Å². The van der Waals surface area contributed by atoms with Crippen LogP contribution in [0, 0.1) is 0 Å². The van der Waals surface area contributed by atoms with Crippen molar-refractivity contribution >= 4 is 49.9 Å². The number of hydrogen-bond acceptors (Lipinski definition) is 5. The number of amides is 2. The van der Waals surface area contributed by atoms with E-state index in [9.17, 15) is 19.8 Å². The molecular weight excluding hydrogens is 542 g/mol. The molecule has 0 heterocycles. The minimum atomic E-state index is -0.558. The Balaban J connectivity index is 1.63. The molecule has 0 aliphatic carbocycles. The summed E-state index contributed by atoms with van der Waals surface area (Å²) in [6.07, 6.45) is 1.22. The van der Waals surface area contributed by atoms with Crippen LogP contribution in [0.25, 0.3) is 0 Å². The van der Waals surface area contributed by atoms with Crippen LogP contribution in [-0.2, 0) is 9.59 Å². The normalized spacial score (nSPS) is 11.0. The molecule has 0 spiro atoms. The molecule has 2 amide bonds. The van der Waals surface area contributed by atoms with Crippen molar-refractivity contribution in [3.63, 3.8) is 0 Å². The molecule has 0 atom stereocenters. The zero-order valence-electron chi connectivity index (χ0n) is 16.6. The largest absolute Gasteiger partial charge is 0.506 e. The predicted octanol–water partition coefficient (Wildman–Crippen LogP) is 4.02. The van der Waals surface area contributed by atoms with Crippen molar-refractivity contribution in [3.8, 4) is 11.5 Å². The third-order valence-corrected chi connectivity index (χ3v) is 5.90. The van der Waals surface area contributed by atoms with E-state index in [0.717, 1.165) is 11.1 Å². The van der Waals surface area contributed by atoms with Crippen molar-refractivity contribution in [2.24, 2.45) is 5.10 Å². The van der Waals surface area contributed by atoms with Gasteiger partial charge in [-0.3, -0.25) is 9.59 Å². The number of aromatic hydroxyl groups is 2. The molecule has 0 aliphatic heterocycles. The van der Waals surface area contributed by atoms with E-state index in [1.807, 2.05) is 60.7 Å². The summed E-state index contributed by atoms with van der Waals surface area (Å²) in [5.74, 6) is -1.79. The molecule has 3 aromatic rings. The quantitative estimate of drug-likeness (QED) is 0.258. The Hall–Kier alpha value is -3.17. The van der Waals surface area contributed by atoms with E-state index in [0.29, 0.717) is 4.47 Å². The highest BCUT2D eigenvalue weighted by Gasteiger charge is 2.22. The fourth-order valence-corrected chi connectivity index (χ4v) is 4.14. The predicted molar refractivity (Wildman–Crippen MR) is 129 cm³/mol. The fourth-order valence-electron chi connectivity index (χ4n) is 2.98. The first-order valence-electron chi connectivity index (χ1n) is 9.48. The molecule has 0 aromatic heterocycles. The first-order chi connectivity index (χ1) is 15.4. The monoisotopic (exact) mass is 559 g/mol. The number of carbonyl (C=O) groups is 2. The third kappa shape index (κ3) is 5.74. The van der Waals surface area contributed by atoms with Gasteiger partial charge in [-0.1, -0.05) is 60.7 Å². The highest BCUT2D eigenvalue weighted by Crippen LogP contribution is 2.40. The molecule has 164 valence electrons. The van der Waals surface area contributed by atoms with Gasteiger partial charge in [0.15, 0.2) is 0 Å². The van der Waals surface area contributed by atoms with Crippen LogP contribution in [0.15, 0.2) is 80.8 Å². The minimum absolute atomic E-state index is 0.0970. The van der Waals surface area contributed by atoms with E-state index in [1.165, 1.54) is 12.3 Å². The van der Waals surface area contributed by atoms with Crippen LogP contribution < -0.4 is 10.7 Å². The Labute approximate surface area is 201 Å². The van der Waals surface area contributed by atoms with Gasteiger partial charge in [0.2, 0.25) is 5.91 Å². The zero-order chi connectivity index (χ0) is 23.1. The Kier molecular flexibility index (Phi) is 8.02. The Morgan fingerprint density at radius 3 is 2.06 bits per heavy atom. The maximum absolute atomic E-state index is 12.9. The lowest BCUT2D eigenvalue weighted by atomic mass is 9.90. The van der Waals surface area contributed by atoms with Crippen LogP contribution in [0.3, 0.4) is 0 Å². The summed E-state index contributed by atoms with van der Waals surface area (Å²) >= 11 is 6.22. The van der Waals surface area contributed by atoms with Crippen LogP contribution in [0.1, 0.15) is 22.6 Å². The Morgan fingerprint density at radius 1 is 0.938 bits per heavy atom. The van der Waals surface area contributed by atoms with Crippen LogP contribution in [0.4, 0.5) is 0 Å². The summed E-state index contributed by atoms with van der Waals surface area (Å²) in [6, 6.07) is 20.1. The lowest BCUT2D eigenvalue weighted by Crippen LogP contribution is -2.37. The van der Waals surface area contributed by atoms with Crippen LogP contribution >= 0.6 is 31.9 Å². The first-order valence-corrected chi connectivity index (χ1v) is 11.1. The number of halogens is 2. The molecular formula is C23H19Br2N3O4. The molecule has 0 bridgehead atoms. The molecule has 7 nitrogen and oxygen atoms in total. The molecule has 0 unspecified atom stereocenters. The average molecular weight is 561 g/mol. The van der Waals surface area contributed by atoms with Gasteiger partial charge in [0.25, 0.3) is 5.91 Å². The van der Waals surface area contributed by atoms with Gasteiger partial charge in [0, 0.05) is 5.56 Å². The second-order valence-electron chi connectivity index (χ2n) is 6.72. The topological polar surface area (TPSA) is 111 Å². The van der Waals surface area contributed by atoms with E-state index in [4.69, 9.17) is 0 Å². The maximum Gasteiger partial charge on any atom is 0.259 e. The van der Waals surface area contributed by atoms with E-state index in [1.54, 1.807) is 0 Å². The summed E-state index contributed by atoms with van der Waals surface area (Å²) < 4.78 is 0.440. The highest BCUT2D eigenvalue weighted by atomic mass is 79.9. The zero-order valence-corrected chi connectivity index (χ0v) is 19.8. The number of rotatable bonds is 7. The van der Waals surface area contributed by atoms with Crippen molar-refractivity contribution in [1.82, 2.24) is 10.7 Å². The number of phenols is 2. The van der Waals surface area contributed by atoms with Gasteiger partial charge in [-0.15, -0.1) is 0 Å². The molecule has 3 aromatic carbocycles. The van der Waals surface area contributed by atoms with Crippen molar-refractivity contribution in [2.75, 3.05) is 6.54 Å². The van der Waals surface area contributed by atoms with E-state index in [-0.39, 0.29) is 34.0 Å². The third-order valence-electron chi connectivity index (χ3n) is 4.54. The number of nitrogens with zero attached hydrogens (tertiary/aromatic N) is 1. The smallest absolute Gasteiger partial charge is 0.259 e. The van der Waals surface area contributed by atoms with Gasteiger partial charge in [0.1, 0.15) is 16.0 Å². The lowest BCUT2D eigenvalue weighted by Gasteiger charge is -2.17. The molecule has 4 N–H and O–H groups in total. The standard InChI is InChI=1S/C23H19Br2N3O4/c24-17-11-16(21(30)20(25)22(17)31)12-27-28-18(29)13-26-23(32)19(14-7-3-1-4-8-14)15-9-5-2-6-10-15/h1-12,19,30-31H,13H2,(H,26,32)(H,28,29)/b27-12+. The fraction of sp³-hybridized carbons (Fsp3) is 0.0870. The SMILES string of the molecule is O=C(CNC(=O)C(c1ccccc1)c1ccccc1)N/N=C/c1cc(Br)c(O)c(Br)c1O. The summed E-state index contributed by atoms with van der Waals surface area (Å²) in [6.45, 7) is -0.276. The second-order valence-corrected chi connectivity index (χ2v) is 8.37. The first kappa shape index (κ1) is 23.5. The maximum atomic E-state index is 12.9. The number of carbonyl (C=O) groups excluding carboxylic acids is 2. The number of nitrogens with one attached hydrogen (secondary N) is 2. The molecule has 3 rings (SSSR count). The molecule has 0 saturated carbocycles. The van der Waals surface area contributed by atoms with Crippen molar-refractivity contribution < 1.29 is 19.8 Å². The molecule has 0 saturated heterocycles. The number of hydrazone groups is 1. The molecule has 0 aliphatic rings. The molecule has 0 radical (unpaired) electrons. The molecule has 9 heteroatoms. The van der Waals surface area contributed by atoms with Gasteiger partial charge in [-0.05, 0) is 49.1 Å². The Morgan fingerprint density at radius 2 is 1.50 bits per heavy atom. The van der Waals surface area contributed by atoms with Crippen LogP contribution in [0.5, 0.6) is 11.5 Å². The summed E-state index contributed by atoms with van der Waals surface area (Å²) in [5, 5.41) is 26.2. The summed E-state index contributed by atoms with van der Waals surface area (Å²) in [5.41, 5.74) is 4.19. The number of phenolic OH excluding ortho intramolecular Hbond substituents is 2. The van der Waals surface area contributed by atoms with E-state index < -0.39 is 11.8 Å². The summed E-state index contributed by atoms with van der Waals surface area (Å²) in [7, 11) is 0. The average Bonchev–Trinajstić information content (AvgIpc) is 2.81. The highest BCUT2D eigenvalue weighted by molar-refractivity contribution is 9.11. The van der Waals surface area contributed by atoms with Crippen molar-refractivity contribution in [2.45, 2.75) is 5.92 Å². The minimum Gasteiger partial charge on any atom is -0.506 e. The molecule has 0 fully saturated rings. The summed E-state index contributed by atoms with van der Waals surface area (Å²) in [4.78, 5) is 25.0. The van der Waals surface area contributed by atoms with Gasteiger partial charge >= 0.3 is 0 Å². The number of hydrogen-bond donors (Lipinski definition) is 4. The van der Waals surface area contributed by atoms with Crippen molar-refractivity contribution in [3.05, 3.63) is 92.4 Å². The van der Waals surface area contributed by atoms with E-state index >= 15 is 0 Å². The van der Waals surface area contributed by atoms with Gasteiger partial charge in [-0.25, -0.2) is 5.43 Å². The lowest BCUT2D eigenvalue weighted by molar-refractivity contribution is -0.126. The van der Waals surface area contributed by atoms with Gasteiger partial charge in [-0.2, -0.15) is 5.10 Å². The van der Waals surface area contributed by atoms with Gasteiger partial charge < -0.3 is 15.5 Å². The van der Waals surface area contributed by atoms with Crippen molar-refractivity contribution in [1.29, 1.82) is 0 Å². The molecule has 32 heavy (non-hydrogen) atoms. The van der Waals surface area contributed by atoms with Crippen LogP contribution in [-0.4, -0.2) is 34.8 Å². The Bertz CT molecular complexity index is 1100. The van der Waals surface area contributed by atoms with Crippen LogP contribution in [0.2, 0.25) is 0 Å². The van der Waals surface area contributed by atoms with Gasteiger partial charge in [0.05, 0.1) is 23.1 Å².